The molecule has 5 nitrogen and oxygen atoms in total. The Morgan fingerprint density at radius 3 is 2.80 bits per heavy atom. The summed E-state index contributed by atoms with van der Waals surface area (Å²) in [5.74, 6) is 0.778. The van der Waals surface area contributed by atoms with Gasteiger partial charge in [-0.25, -0.2) is 0 Å². The van der Waals surface area contributed by atoms with Gasteiger partial charge in [0.05, 0.1) is 5.69 Å². The van der Waals surface area contributed by atoms with Crippen molar-refractivity contribution >= 4 is 0 Å². The quantitative estimate of drug-likeness (QED) is 0.705. The number of nitrogens with zero attached hydrogens (tertiary/aromatic N) is 2. The summed E-state index contributed by atoms with van der Waals surface area (Å²) in [7, 11) is 1.90. The lowest BCUT2D eigenvalue weighted by molar-refractivity contribution is 0.106. The molecule has 108 valence electrons. The van der Waals surface area contributed by atoms with Gasteiger partial charge in [-0.1, -0.05) is 18.2 Å². The summed E-state index contributed by atoms with van der Waals surface area (Å²) in [5, 5.41) is 17.3. The Balaban J connectivity index is 1.57. The van der Waals surface area contributed by atoms with Gasteiger partial charge in [0, 0.05) is 32.8 Å². The number of benzene rings is 1. The van der Waals surface area contributed by atoms with Crippen LogP contribution in [0.5, 0.6) is 5.75 Å². The normalized spacial score (nSPS) is 12.3. The molecule has 0 spiro atoms. The second-order valence-electron chi connectivity index (χ2n) is 4.71. The largest absolute Gasteiger partial charge is 0.491 e. The van der Waals surface area contributed by atoms with Crippen molar-refractivity contribution in [1.82, 2.24) is 15.1 Å². The molecule has 1 atom stereocenters. The molecule has 5 heteroatoms. The van der Waals surface area contributed by atoms with E-state index in [1.807, 2.05) is 49.6 Å². The lowest BCUT2D eigenvalue weighted by Gasteiger charge is -2.13. The van der Waals surface area contributed by atoms with Crippen LogP contribution in [0.2, 0.25) is 0 Å². The van der Waals surface area contributed by atoms with Crippen LogP contribution in [-0.2, 0) is 13.5 Å². The molecule has 0 fully saturated rings. The van der Waals surface area contributed by atoms with Gasteiger partial charge in [-0.05, 0) is 18.2 Å². The van der Waals surface area contributed by atoms with Gasteiger partial charge in [0.1, 0.15) is 18.5 Å². The fraction of sp³-hybridized carbons (Fsp3) is 0.400. The topological polar surface area (TPSA) is 59.3 Å². The Morgan fingerprint density at radius 2 is 2.10 bits per heavy atom. The Kier molecular flexibility index (Phi) is 5.58. The third-order valence-electron chi connectivity index (χ3n) is 2.89. The van der Waals surface area contributed by atoms with Gasteiger partial charge in [-0.3, -0.25) is 4.68 Å². The number of nitrogens with one attached hydrogen (secondary N) is 1. The molecular formula is C15H21N3O2. The molecule has 2 N–H and O–H groups in total. The highest BCUT2D eigenvalue weighted by atomic mass is 16.5. The van der Waals surface area contributed by atoms with E-state index < -0.39 is 6.10 Å². The van der Waals surface area contributed by atoms with Crippen LogP contribution in [-0.4, -0.2) is 40.7 Å². The summed E-state index contributed by atoms with van der Waals surface area (Å²) >= 11 is 0. The van der Waals surface area contributed by atoms with Crippen LogP contribution in [0.25, 0.3) is 0 Å². The van der Waals surface area contributed by atoms with E-state index in [1.54, 1.807) is 4.68 Å². The number of hydrogen-bond acceptors (Lipinski definition) is 4. The highest BCUT2D eigenvalue weighted by Crippen LogP contribution is 2.08. The van der Waals surface area contributed by atoms with Crippen molar-refractivity contribution in [2.75, 3.05) is 19.7 Å². The highest BCUT2D eigenvalue weighted by molar-refractivity contribution is 5.20. The van der Waals surface area contributed by atoms with Crippen molar-refractivity contribution in [2.45, 2.75) is 12.5 Å². The number of aliphatic hydroxyl groups excluding tert-OH is 1. The summed E-state index contributed by atoms with van der Waals surface area (Å²) in [6.07, 6.45) is 2.27. The van der Waals surface area contributed by atoms with Crippen molar-refractivity contribution in [3.8, 4) is 5.75 Å². The standard InChI is InChI=1S/C15H21N3O2/c1-18-10-8-13(17-18)7-9-16-11-14(19)12-20-15-5-3-2-4-6-15/h2-6,8,10,14,16,19H,7,9,11-12H2,1H3. The number of para-hydroxylation sites is 1. The fourth-order valence-electron chi connectivity index (χ4n) is 1.85. The van der Waals surface area contributed by atoms with E-state index in [0.29, 0.717) is 13.2 Å². The van der Waals surface area contributed by atoms with Crippen molar-refractivity contribution in [1.29, 1.82) is 0 Å². The van der Waals surface area contributed by atoms with Crippen LogP contribution in [0, 0.1) is 0 Å². The maximum absolute atomic E-state index is 9.80. The molecule has 2 rings (SSSR count). The molecule has 0 saturated carbocycles. The SMILES string of the molecule is Cn1ccc(CCNCC(O)COc2ccccc2)n1. The first-order valence-electron chi connectivity index (χ1n) is 6.79. The minimum Gasteiger partial charge on any atom is -0.491 e. The fourth-order valence-corrected chi connectivity index (χ4v) is 1.85. The van der Waals surface area contributed by atoms with Gasteiger partial charge >= 0.3 is 0 Å². The zero-order valence-corrected chi connectivity index (χ0v) is 11.7. The Labute approximate surface area is 119 Å². The predicted molar refractivity (Wildman–Crippen MR) is 77.7 cm³/mol. The summed E-state index contributed by atoms with van der Waals surface area (Å²) < 4.78 is 7.27. The maximum atomic E-state index is 9.80. The van der Waals surface area contributed by atoms with Crippen molar-refractivity contribution in [3.63, 3.8) is 0 Å². The smallest absolute Gasteiger partial charge is 0.119 e. The first-order valence-corrected chi connectivity index (χ1v) is 6.79. The first-order chi connectivity index (χ1) is 9.74. The zero-order valence-electron chi connectivity index (χ0n) is 11.7. The van der Waals surface area contributed by atoms with E-state index in [0.717, 1.165) is 24.4 Å². The van der Waals surface area contributed by atoms with Gasteiger partial charge in [0.15, 0.2) is 0 Å². The van der Waals surface area contributed by atoms with E-state index in [-0.39, 0.29) is 0 Å². The number of ether oxygens (including phenoxy) is 1. The van der Waals surface area contributed by atoms with E-state index in [1.165, 1.54) is 0 Å². The number of hydrogen-bond donors (Lipinski definition) is 2. The number of rotatable bonds is 8. The third kappa shape index (κ3) is 5.03. The first kappa shape index (κ1) is 14.6. The molecule has 1 unspecified atom stereocenters. The molecule has 1 aromatic heterocycles. The molecule has 0 saturated heterocycles. The molecule has 0 amide bonds. The Hall–Kier alpha value is -1.85. The minimum absolute atomic E-state index is 0.292. The second kappa shape index (κ2) is 7.67. The average molecular weight is 275 g/mol. The van der Waals surface area contributed by atoms with Crippen molar-refractivity contribution < 1.29 is 9.84 Å². The molecule has 1 aromatic carbocycles. The lowest BCUT2D eigenvalue weighted by Crippen LogP contribution is -2.32. The predicted octanol–water partition coefficient (Wildman–Crippen LogP) is 0.992. The molecule has 20 heavy (non-hydrogen) atoms. The summed E-state index contributed by atoms with van der Waals surface area (Å²) in [6.45, 7) is 1.60. The third-order valence-corrected chi connectivity index (χ3v) is 2.89. The lowest BCUT2D eigenvalue weighted by atomic mass is 10.3. The molecule has 0 aliphatic heterocycles. The van der Waals surface area contributed by atoms with E-state index in [2.05, 4.69) is 10.4 Å². The Bertz CT molecular complexity index is 499. The summed E-state index contributed by atoms with van der Waals surface area (Å²) in [5.41, 5.74) is 1.05. The van der Waals surface area contributed by atoms with Gasteiger partial charge in [-0.15, -0.1) is 0 Å². The van der Waals surface area contributed by atoms with E-state index in [4.69, 9.17) is 4.74 Å². The molecule has 0 radical (unpaired) electrons. The maximum Gasteiger partial charge on any atom is 0.119 e. The molecule has 2 aromatic rings. The van der Waals surface area contributed by atoms with Crippen LogP contribution in [0.15, 0.2) is 42.6 Å². The zero-order chi connectivity index (χ0) is 14.2. The van der Waals surface area contributed by atoms with Gasteiger partial charge < -0.3 is 15.2 Å². The van der Waals surface area contributed by atoms with Crippen molar-refractivity contribution in [2.24, 2.45) is 7.05 Å². The Morgan fingerprint density at radius 1 is 1.30 bits per heavy atom. The molecule has 0 bridgehead atoms. The van der Waals surface area contributed by atoms with E-state index in [9.17, 15) is 5.11 Å². The molecular weight excluding hydrogens is 254 g/mol. The van der Waals surface area contributed by atoms with Gasteiger partial charge in [0.25, 0.3) is 0 Å². The van der Waals surface area contributed by atoms with Gasteiger partial charge in [-0.2, -0.15) is 5.10 Å². The summed E-state index contributed by atoms with van der Waals surface area (Å²) in [4.78, 5) is 0. The van der Waals surface area contributed by atoms with Crippen LogP contribution in [0.4, 0.5) is 0 Å². The monoisotopic (exact) mass is 275 g/mol. The highest BCUT2D eigenvalue weighted by Gasteiger charge is 2.05. The van der Waals surface area contributed by atoms with Crippen LogP contribution >= 0.6 is 0 Å². The number of aryl methyl sites for hydroxylation is 1. The number of aliphatic hydroxyl groups is 1. The second-order valence-corrected chi connectivity index (χ2v) is 4.71. The van der Waals surface area contributed by atoms with Crippen molar-refractivity contribution in [3.05, 3.63) is 48.3 Å². The van der Waals surface area contributed by atoms with E-state index >= 15 is 0 Å². The van der Waals surface area contributed by atoms with Gasteiger partial charge in [0.2, 0.25) is 0 Å². The molecule has 1 heterocycles. The van der Waals surface area contributed by atoms with Crippen LogP contribution in [0.1, 0.15) is 5.69 Å². The van der Waals surface area contributed by atoms with Crippen LogP contribution < -0.4 is 10.1 Å². The molecule has 0 aliphatic carbocycles. The minimum atomic E-state index is -0.515. The number of aromatic nitrogens is 2. The molecule has 0 aliphatic rings. The van der Waals surface area contributed by atoms with Crippen LogP contribution in [0.3, 0.4) is 0 Å². The average Bonchev–Trinajstić information content (AvgIpc) is 2.88. The summed E-state index contributed by atoms with van der Waals surface area (Å²) in [6, 6.07) is 11.5.